The maximum Gasteiger partial charge on any atom is 0.249 e. The maximum atomic E-state index is 12.7. The third-order valence-corrected chi connectivity index (χ3v) is 5.41. The predicted octanol–water partition coefficient (Wildman–Crippen LogP) is 2.81. The summed E-state index contributed by atoms with van der Waals surface area (Å²) >= 11 is 2.49. The highest BCUT2D eigenvalue weighted by molar-refractivity contribution is 7.99. The van der Waals surface area contributed by atoms with Crippen LogP contribution >= 0.6 is 23.1 Å². The van der Waals surface area contributed by atoms with Crippen LogP contribution < -0.4 is 15.8 Å². The minimum absolute atomic E-state index is 0.112. The van der Waals surface area contributed by atoms with Gasteiger partial charge in [0.15, 0.2) is 10.3 Å². The first kappa shape index (κ1) is 19.7. The van der Waals surface area contributed by atoms with Gasteiger partial charge in [-0.3, -0.25) is 9.36 Å². The van der Waals surface area contributed by atoms with Gasteiger partial charge in [-0.1, -0.05) is 11.8 Å². The third-order valence-electron chi connectivity index (χ3n) is 3.84. The van der Waals surface area contributed by atoms with Gasteiger partial charge in [0.1, 0.15) is 11.8 Å². The number of hydrogen-bond donors (Lipinski definition) is 2. The van der Waals surface area contributed by atoms with E-state index in [1.807, 2.05) is 35.7 Å². The number of rotatable bonds is 7. The first-order chi connectivity index (χ1) is 13.5. The van der Waals surface area contributed by atoms with E-state index >= 15 is 0 Å². The molecule has 1 unspecified atom stereocenters. The van der Waals surface area contributed by atoms with Gasteiger partial charge >= 0.3 is 0 Å². The van der Waals surface area contributed by atoms with Gasteiger partial charge in [0.2, 0.25) is 11.9 Å². The summed E-state index contributed by atoms with van der Waals surface area (Å²) < 4.78 is 6.65. The molecule has 0 saturated heterocycles. The van der Waals surface area contributed by atoms with Crippen LogP contribution in [0.1, 0.15) is 13.0 Å². The molecule has 0 spiro atoms. The lowest BCUT2D eigenvalue weighted by atomic mass is 10.2. The second kappa shape index (κ2) is 8.73. The highest BCUT2D eigenvalue weighted by Crippen LogP contribution is 2.28. The van der Waals surface area contributed by atoms with E-state index in [9.17, 15) is 4.79 Å². The molecule has 3 aromatic rings. The number of benzene rings is 1. The lowest BCUT2D eigenvalue weighted by molar-refractivity contribution is -0.118. The minimum Gasteiger partial charge on any atom is -0.497 e. The van der Waals surface area contributed by atoms with E-state index in [0.717, 1.165) is 17.0 Å². The Morgan fingerprint density at radius 1 is 1.43 bits per heavy atom. The molecule has 2 aromatic heterocycles. The van der Waals surface area contributed by atoms with Crippen molar-refractivity contribution < 1.29 is 9.53 Å². The summed E-state index contributed by atoms with van der Waals surface area (Å²) in [7, 11) is 1.61. The SMILES string of the molecule is COc1ccc(-c2csc(NC(=O)C(C)n3c(N)nnc3SCC#N)n2)cc1. The van der Waals surface area contributed by atoms with E-state index in [0.29, 0.717) is 10.3 Å². The van der Waals surface area contributed by atoms with Gasteiger partial charge in [-0.25, -0.2) is 4.98 Å². The van der Waals surface area contributed by atoms with Crippen molar-refractivity contribution in [2.24, 2.45) is 0 Å². The molecule has 3 rings (SSSR count). The fraction of sp³-hybridized carbons (Fsp3) is 0.235. The molecule has 144 valence electrons. The molecule has 28 heavy (non-hydrogen) atoms. The van der Waals surface area contributed by atoms with Crippen LogP contribution in [0.4, 0.5) is 11.1 Å². The number of aromatic nitrogens is 4. The number of amides is 1. The number of carbonyl (C=O) groups is 1. The van der Waals surface area contributed by atoms with Crippen LogP contribution in [0.5, 0.6) is 5.75 Å². The van der Waals surface area contributed by atoms with Gasteiger partial charge < -0.3 is 15.8 Å². The predicted molar refractivity (Wildman–Crippen MR) is 108 cm³/mol. The number of nitrogens with two attached hydrogens (primary N) is 1. The van der Waals surface area contributed by atoms with Gasteiger partial charge in [0, 0.05) is 10.9 Å². The van der Waals surface area contributed by atoms with E-state index in [2.05, 4.69) is 20.5 Å². The number of carbonyl (C=O) groups excluding carboxylic acids is 1. The number of anilines is 2. The van der Waals surface area contributed by atoms with Crippen LogP contribution in [0.25, 0.3) is 11.3 Å². The van der Waals surface area contributed by atoms with Gasteiger partial charge in [0.05, 0.1) is 24.6 Å². The number of thioether (sulfide) groups is 1. The summed E-state index contributed by atoms with van der Waals surface area (Å²) in [5, 5.41) is 22.0. The molecule has 1 atom stereocenters. The number of hydrogen-bond acceptors (Lipinski definition) is 9. The average molecular weight is 416 g/mol. The Morgan fingerprint density at radius 2 is 2.18 bits per heavy atom. The van der Waals surface area contributed by atoms with Crippen molar-refractivity contribution >= 4 is 40.1 Å². The Balaban J connectivity index is 1.72. The first-order valence-electron chi connectivity index (χ1n) is 8.14. The average Bonchev–Trinajstić information content (AvgIpc) is 3.32. The molecular weight excluding hydrogens is 398 g/mol. The van der Waals surface area contributed by atoms with Crippen LogP contribution in [0.15, 0.2) is 34.8 Å². The van der Waals surface area contributed by atoms with Crippen LogP contribution in [-0.2, 0) is 4.79 Å². The summed E-state index contributed by atoms with van der Waals surface area (Å²) in [6.07, 6.45) is 0. The molecule has 1 aromatic carbocycles. The van der Waals surface area contributed by atoms with E-state index in [-0.39, 0.29) is 17.6 Å². The van der Waals surface area contributed by atoms with Crippen molar-refractivity contribution in [3.8, 4) is 23.1 Å². The molecular formula is C17H17N7O2S2. The summed E-state index contributed by atoms with van der Waals surface area (Å²) in [6, 6.07) is 8.85. The summed E-state index contributed by atoms with van der Waals surface area (Å²) in [6.45, 7) is 1.68. The number of nitrogens with one attached hydrogen (secondary N) is 1. The molecule has 0 bridgehead atoms. The lowest BCUT2D eigenvalue weighted by Gasteiger charge is -2.15. The first-order valence-corrected chi connectivity index (χ1v) is 10.0. The summed E-state index contributed by atoms with van der Waals surface area (Å²) in [4.78, 5) is 17.1. The van der Waals surface area contributed by atoms with Crippen LogP contribution in [0.3, 0.4) is 0 Å². The summed E-state index contributed by atoms with van der Waals surface area (Å²) in [5.74, 6) is 0.754. The van der Waals surface area contributed by atoms with Crippen LogP contribution in [0.2, 0.25) is 0 Å². The Morgan fingerprint density at radius 3 is 2.86 bits per heavy atom. The number of nitriles is 1. The van der Waals surface area contributed by atoms with Crippen molar-refractivity contribution in [1.82, 2.24) is 19.7 Å². The third kappa shape index (κ3) is 4.24. The second-order valence-corrected chi connectivity index (χ2v) is 7.39. The quantitative estimate of drug-likeness (QED) is 0.563. The Hall–Kier alpha value is -3.10. The number of nitrogen functional groups attached to an aromatic ring is 1. The van der Waals surface area contributed by atoms with Crippen molar-refractivity contribution in [3.63, 3.8) is 0 Å². The molecule has 0 fully saturated rings. The van der Waals surface area contributed by atoms with Gasteiger partial charge in [-0.2, -0.15) is 5.26 Å². The molecule has 0 saturated carbocycles. The van der Waals surface area contributed by atoms with E-state index in [1.54, 1.807) is 14.0 Å². The molecule has 0 aliphatic heterocycles. The molecule has 2 heterocycles. The van der Waals surface area contributed by atoms with E-state index in [4.69, 9.17) is 15.7 Å². The monoisotopic (exact) mass is 415 g/mol. The molecule has 0 aliphatic rings. The van der Waals surface area contributed by atoms with Gasteiger partial charge in [-0.15, -0.1) is 21.5 Å². The molecule has 0 radical (unpaired) electrons. The number of ether oxygens (including phenoxy) is 1. The zero-order valence-corrected chi connectivity index (χ0v) is 16.8. The number of thiazole rings is 1. The minimum atomic E-state index is -0.662. The Labute approximate surface area is 169 Å². The van der Waals surface area contributed by atoms with Gasteiger partial charge in [0.25, 0.3) is 0 Å². The highest BCUT2D eigenvalue weighted by Gasteiger charge is 2.23. The number of nitrogens with zero attached hydrogens (tertiary/aromatic N) is 5. The zero-order valence-electron chi connectivity index (χ0n) is 15.1. The zero-order chi connectivity index (χ0) is 20.1. The van der Waals surface area contributed by atoms with Crippen molar-refractivity contribution in [3.05, 3.63) is 29.6 Å². The molecule has 1 amide bonds. The van der Waals surface area contributed by atoms with Crippen molar-refractivity contribution in [2.45, 2.75) is 18.1 Å². The molecule has 0 aliphatic carbocycles. The fourth-order valence-electron chi connectivity index (χ4n) is 2.40. The Kier molecular flexibility index (Phi) is 6.13. The molecule has 9 nitrogen and oxygen atoms in total. The van der Waals surface area contributed by atoms with Crippen LogP contribution in [-0.4, -0.2) is 38.5 Å². The normalized spacial score (nSPS) is 11.6. The van der Waals surface area contributed by atoms with Gasteiger partial charge in [-0.05, 0) is 31.2 Å². The number of methoxy groups -OCH3 is 1. The Bertz CT molecular complexity index is 1010. The fourth-order valence-corrected chi connectivity index (χ4v) is 3.81. The largest absolute Gasteiger partial charge is 0.497 e. The smallest absolute Gasteiger partial charge is 0.249 e. The molecule has 11 heteroatoms. The highest BCUT2D eigenvalue weighted by atomic mass is 32.2. The maximum absolute atomic E-state index is 12.7. The topological polar surface area (TPSA) is 132 Å². The van der Waals surface area contributed by atoms with Crippen molar-refractivity contribution in [2.75, 3.05) is 23.9 Å². The van der Waals surface area contributed by atoms with Crippen molar-refractivity contribution in [1.29, 1.82) is 5.26 Å². The van der Waals surface area contributed by atoms with E-state index in [1.165, 1.54) is 27.7 Å². The summed E-state index contributed by atoms with van der Waals surface area (Å²) in [5.41, 5.74) is 7.51. The standard InChI is InChI=1S/C17H17N7O2S2/c1-10(24-15(19)22-23-17(24)27-8-7-18)14(25)21-16-20-13(9-28-16)11-3-5-12(26-2)6-4-11/h3-6,9-10H,8H2,1-2H3,(H2,19,22)(H,20,21,25). The molecule has 3 N–H and O–H groups in total. The second-order valence-electron chi connectivity index (χ2n) is 5.59. The van der Waals surface area contributed by atoms with E-state index < -0.39 is 6.04 Å². The van der Waals surface area contributed by atoms with Crippen LogP contribution in [0, 0.1) is 11.3 Å². The lowest BCUT2D eigenvalue weighted by Crippen LogP contribution is -2.25.